The second-order valence-corrected chi connectivity index (χ2v) is 15.9. The second kappa shape index (κ2) is 19.0. The quantitative estimate of drug-likeness (QED) is 0.187. The van der Waals surface area contributed by atoms with E-state index in [1.807, 2.05) is 52.0 Å². The number of hydrogen-bond donors (Lipinski definition) is 8. The minimum absolute atomic E-state index is 0.0408. The van der Waals surface area contributed by atoms with E-state index < -0.39 is 96.2 Å². The van der Waals surface area contributed by atoms with Crippen molar-refractivity contribution in [1.82, 2.24) is 41.8 Å². The molecule has 0 unspecified atom stereocenters. The van der Waals surface area contributed by atoms with Crippen molar-refractivity contribution in [3.05, 3.63) is 36.0 Å². The van der Waals surface area contributed by atoms with Gasteiger partial charge in [-0.15, -0.1) is 0 Å². The Hall–Kier alpha value is -4.99. The molecule has 1 aromatic carbocycles. The third kappa shape index (κ3) is 11.0. The van der Waals surface area contributed by atoms with Crippen molar-refractivity contribution in [3.63, 3.8) is 0 Å². The zero-order chi connectivity index (χ0) is 40.6. The fourth-order valence-corrected chi connectivity index (χ4v) is 7.09. The molecule has 7 atom stereocenters. The van der Waals surface area contributed by atoms with Gasteiger partial charge in [-0.2, -0.15) is 0 Å². The molecule has 0 bridgehead atoms. The Balaban J connectivity index is 1.73. The van der Waals surface area contributed by atoms with Gasteiger partial charge in [0, 0.05) is 30.1 Å². The number of rotatable bonds is 8. The number of aromatic amines is 1. The van der Waals surface area contributed by atoms with Crippen LogP contribution in [0.5, 0.6) is 0 Å². The molecule has 2 fully saturated rings. The summed E-state index contributed by atoms with van der Waals surface area (Å²) in [5.41, 5.74) is 1.56. The Labute approximate surface area is 322 Å². The van der Waals surface area contributed by atoms with Crippen molar-refractivity contribution in [2.75, 3.05) is 13.2 Å². The molecular formula is C39H58N8O8. The Bertz CT molecular complexity index is 1720. The molecule has 2 aromatic rings. The number of H-pyrrole nitrogens is 1. The Morgan fingerprint density at radius 1 is 0.691 bits per heavy atom. The number of aliphatic hydroxyl groups excluding tert-OH is 1. The molecule has 1 aromatic heterocycles. The number of fused-ring (bicyclic) bond motifs is 2. The van der Waals surface area contributed by atoms with Gasteiger partial charge in [-0.05, 0) is 62.0 Å². The number of para-hydroxylation sites is 1. The lowest BCUT2D eigenvalue weighted by molar-refractivity contribution is -0.143. The molecule has 2 aliphatic heterocycles. The van der Waals surface area contributed by atoms with Crippen LogP contribution in [0, 0.1) is 17.8 Å². The summed E-state index contributed by atoms with van der Waals surface area (Å²) in [5.74, 6) is -5.18. The highest BCUT2D eigenvalue weighted by atomic mass is 16.3. The fourth-order valence-electron chi connectivity index (χ4n) is 7.09. The summed E-state index contributed by atoms with van der Waals surface area (Å²) in [7, 11) is 0. The number of nitrogens with zero attached hydrogens (tertiary/aromatic N) is 1. The van der Waals surface area contributed by atoms with Gasteiger partial charge in [0.25, 0.3) is 0 Å². The summed E-state index contributed by atoms with van der Waals surface area (Å²) < 4.78 is 0. The number of aromatic nitrogens is 1. The van der Waals surface area contributed by atoms with Crippen LogP contribution in [-0.2, 0) is 40.0 Å². The van der Waals surface area contributed by atoms with E-state index in [-0.39, 0.29) is 44.1 Å². The SMILES string of the molecule is CC(C)C[C@@H]1NC(=O)[C@H](C)NC(=O)[C@H](Cc2c[nH]c3ccccc23)NC(=O)[C@@H]2CCCN2C(=O)[C@H](CO)NC(=O)[C@H](C(C)C)NC(=O)[C@H](CC(C)C)NC1=O. The maximum atomic E-state index is 14.0. The Morgan fingerprint density at radius 3 is 1.87 bits per heavy atom. The standard InChI is InChI=1S/C39H58N8O8/c1-20(2)15-27-35(51)43-28(16-21(3)4)36(52)46-32(22(5)6)38(54)45-30(19-48)39(55)47-14-10-13-31(47)37(53)44-29(34(50)41-23(7)33(49)42-27)17-24-18-40-26-12-9-8-11-25(24)26/h8-9,11-12,18,20-23,27-32,40,48H,10,13-17,19H2,1-7H3,(H,41,50)(H,42,49)(H,43,51)(H,44,53)(H,45,54)(H,46,52)/t23-,27-,28-,29-,30-,31-,32-/m0/s1. The number of carbonyl (C=O) groups is 7. The largest absolute Gasteiger partial charge is 0.394 e. The summed E-state index contributed by atoms with van der Waals surface area (Å²) >= 11 is 0. The predicted octanol–water partition coefficient (Wildman–Crippen LogP) is 0.384. The van der Waals surface area contributed by atoms with E-state index in [0.29, 0.717) is 6.42 Å². The molecular weight excluding hydrogens is 708 g/mol. The first-order valence-electron chi connectivity index (χ1n) is 19.3. The number of aliphatic hydroxyl groups is 1. The zero-order valence-corrected chi connectivity index (χ0v) is 32.9. The average molecular weight is 767 g/mol. The first-order chi connectivity index (χ1) is 26.0. The lowest BCUT2D eigenvalue weighted by Crippen LogP contribution is -2.61. The van der Waals surface area contributed by atoms with E-state index in [2.05, 4.69) is 36.9 Å². The zero-order valence-electron chi connectivity index (χ0n) is 32.9. The molecule has 2 saturated heterocycles. The lowest BCUT2D eigenvalue weighted by atomic mass is 9.98. The van der Waals surface area contributed by atoms with Gasteiger partial charge in [0.05, 0.1) is 6.61 Å². The maximum Gasteiger partial charge on any atom is 0.248 e. The maximum absolute atomic E-state index is 14.0. The molecule has 16 nitrogen and oxygen atoms in total. The van der Waals surface area contributed by atoms with Crippen molar-refractivity contribution < 1.29 is 38.7 Å². The molecule has 55 heavy (non-hydrogen) atoms. The number of hydrogen-bond acceptors (Lipinski definition) is 8. The molecule has 7 amide bonds. The van der Waals surface area contributed by atoms with Crippen LogP contribution < -0.4 is 31.9 Å². The number of amides is 7. The van der Waals surface area contributed by atoms with Crippen LogP contribution in [0.15, 0.2) is 30.5 Å². The van der Waals surface area contributed by atoms with Crippen molar-refractivity contribution in [2.45, 2.75) is 123 Å². The topological polar surface area (TPSA) is 231 Å². The normalized spacial score (nSPS) is 26.9. The minimum atomic E-state index is -1.43. The third-order valence-corrected chi connectivity index (χ3v) is 10.0. The van der Waals surface area contributed by atoms with Crippen molar-refractivity contribution in [3.8, 4) is 0 Å². The van der Waals surface area contributed by atoms with Gasteiger partial charge in [0.2, 0.25) is 41.4 Å². The van der Waals surface area contributed by atoms with E-state index in [9.17, 15) is 38.7 Å². The van der Waals surface area contributed by atoms with Crippen LogP contribution >= 0.6 is 0 Å². The van der Waals surface area contributed by atoms with Crippen LogP contribution in [0.4, 0.5) is 0 Å². The monoisotopic (exact) mass is 766 g/mol. The van der Waals surface area contributed by atoms with Gasteiger partial charge < -0.3 is 46.9 Å². The molecule has 0 saturated carbocycles. The Kier molecular flexibility index (Phi) is 14.8. The molecule has 8 N–H and O–H groups in total. The average Bonchev–Trinajstić information content (AvgIpc) is 3.78. The van der Waals surface area contributed by atoms with Gasteiger partial charge in [-0.1, -0.05) is 59.7 Å². The van der Waals surface area contributed by atoms with Crippen LogP contribution in [0.1, 0.15) is 79.7 Å². The van der Waals surface area contributed by atoms with E-state index >= 15 is 0 Å². The molecule has 3 heterocycles. The van der Waals surface area contributed by atoms with Gasteiger partial charge in [-0.3, -0.25) is 33.6 Å². The van der Waals surface area contributed by atoms with E-state index in [1.165, 1.54) is 11.8 Å². The second-order valence-electron chi connectivity index (χ2n) is 15.9. The number of benzene rings is 1. The van der Waals surface area contributed by atoms with Gasteiger partial charge >= 0.3 is 0 Å². The number of nitrogens with one attached hydrogen (secondary N) is 7. The first-order valence-corrected chi connectivity index (χ1v) is 19.3. The van der Waals surface area contributed by atoms with Crippen LogP contribution in [0.2, 0.25) is 0 Å². The van der Waals surface area contributed by atoms with Crippen LogP contribution in [-0.4, -0.2) is 112 Å². The van der Waals surface area contributed by atoms with Crippen LogP contribution in [0.25, 0.3) is 10.9 Å². The summed E-state index contributed by atoms with van der Waals surface area (Å²) in [6.07, 6.45) is 2.94. The van der Waals surface area contributed by atoms with E-state index in [4.69, 9.17) is 0 Å². The molecule has 0 radical (unpaired) electrons. The summed E-state index contributed by atoms with van der Waals surface area (Å²) in [4.78, 5) is 101. The van der Waals surface area contributed by atoms with Crippen molar-refractivity contribution in [2.24, 2.45) is 17.8 Å². The molecule has 0 aliphatic carbocycles. The van der Waals surface area contributed by atoms with Crippen LogP contribution in [0.3, 0.4) is 0 Å². The highest BCUT2D eigenvalue weighted by Crippen LogP contribution is 2.22. The third-order valence-electron chi connectivity index (χ3n) is 10.0. The fraction of sp³-hybridized carbons (Fsp3) is 0.615. The van der Waals surface area contributed by atoms with Gasteiger partial charge in [0.1, 0.15) is 42.3 Å². The van der Waals surface area contributed by atoms with E-state index in [1.54, 1.807) is 20.0 Å². The molecule has 2 aliphatic rings. The Morgan fingerprint density at radius 2 is 1.25 bits per heavy atom. The minimum Gasteiger partial charge on any atom is -0.394 e. The highest BCUT2D eigenvalue weighted by molar-refractivity contribution is 5.99. The lowest BCUT2D eigenvalue weighted by Gasteiger charge is -2.31. The van der Waals surface area contributed by atoms with Crippen molar-refractivity contribution >= 4 is 52.3 Å². The molecule has 4 rings (SSSR count). The summed E-state index contributed by atoms with van der Waals surface area (Å²) in [6, 6.07) is -0.601. The molecule has 302 valence electrons. The van der Waals surface area contributed by atoms with Gasteiger partial charge in [-0.25, -0.2) is 0 Å². The van der Waals surface area contributed by atoms with Crippen molar-refractivity contribution in [1.29, 1.82) is 0 Å². The smallest absolute Gasteiger partial charge is 0.248 e. The molecule has 16 heteroatoms. The predicted molar refractivity (Wildman–Crippen MR) is 205 cm³/mol. The summed E-state index contributed by atoms with van der Waals surface area (Å²) in [5, 5.41) is 27.4. The first kappa shape index (κ1) is 42.7. The highest BCUT2D eigenvalue weighted by Gasteiger charge is 2.40. The van der Waals surface area contributed by atoms with E-state index in [0.717, 1.165) is 16.5 Å². The van der Waals surface area contributed by atoms with Gasteiger partial charge in [0.15, 0.2) is 0 Å². The summed E-state index contributed by atoms with van der Waals surface area (Å²) in [6.45, 7) is 11.8. The number of carbonyl (C=O) groups excluding carboxylic acids is 7. The molecule has 0 spiro atoms.